The number of carbonyl (C=O) groups is 2. The molecular formula is C15H15NO4. The smallest absolute Gasteiger partial charge is 0.361 e. The number of ketones is 1. The number of carbonyl (C=O) groups excluding carboxylic acids is 2. The Labute approximate surface area is 116 Å². The molecule has 0 unspecified atom stereocenters. The molecule has 20 heavy (non-hydrogen) atoms. The summed E-state index contributed by atoms with van der Waals surface area (Å²) in [4.78, 5) is 24.2. The Bertz CT molecular complexity index is 640. The third-order valence-electron chi connectivity index (χ3n) is 2.87. The quantitative estimate of drug-likeness (QED) is 0.632. The van der Waals surface area contributed by atoms with Crippen molar-refractivity contribution in [2.24, 2.45) is 0 Å². The number of hydrogen-bond donors (Lipinski definition) is 0. The Morgan fingerprint density at radius 1 is 1.20 bits per heavy atom. The highest BCUT2D eigenvalue weighted by atomic mass is 16.5. The van der Waals surface area contributed by atoms with Gasteiger partial charge >= 0.3 is 5.97 Å². The molecule has 2 aromatic rings. The molecule has 0 saturated heterocycles. The van der Waals surface area contributed by atoms with E-state index in [0.717, 1.165) is 5.56 Å². The van der Waals surface area contributed by atoms with Gasteiger partial charge < -0.3 is 9.26 Å². The lowest BCUT2D eigenvalue weighted by molar-refractivity contribution is 0.0512. The average molecular weight is 273 g/mol. The van der Waals surface area contributed by atoms with Crippen LogP contribution in [0.3, 0.4) is 0 Å². The second kappa shape index (κ2) is 5.69. The number of hydrogen-bond acceptors (Lipinski definition) is 5. The lowest BCUT2D eigenvalue weighted by atomic mass is 10.0. The van der Waals surface area contributed by atoms with E-state index in [-0.39, 0.29) is 23.6 Å². The van der Waals surface area contributed by atoms with E-state index in [1.165, 1.54) is 0 Å². The van der Waals surface area contributed by atoms with Gasteiger partial charge in [0.05, 0.1) is 12.2 Å². The van der Waals surface area contributed by atoms with Gasteiger partial charge in [-0.05, 0) is 20.8 Å². The standard InChI is InChI=1S/C15H15NO4/c1-4-19-15(18)13-12(10(3)20-16-13)14(17)11-7-5-9(2)6-8-11/h5-8H,4H2,1-3H3. The van der Waals surface area contributed by atoms with Crippen LogP contribution in [0, 0.1) is 13.8 Å². The lowest BCUT2D eigenvalue weighted by Gasteiger charge is -2.03. The number of aryl methyl sites for hydroxylation is 2. The van der Waals surface area contributed by atoms with Crippen LogP contribution in [0.1, 0.15) is 44.7 Å². The molecule has 1 heterocycles. The molecule has 0 atom stereocenters. The summed E-state index contributed by atoms with van der Waals surface area (Å²) in [6.07, 6.45) is 0. The Kier molecular flexibility index (Phi) is 3.98. The molecule has 0 saturated carbocycles. The normalized spacial score (nSPS) is 10.3. The van der Waals surface area contributed by atoms with Crippen LogP contribution in [0.2, 0.25) is 0 Å². The highest BCUT2D eigenvalue weighted by Crippen LogP contribution is 2.19. The van der Waals surface area contributed by atoms with Crippen LogP contribution in [0.4, 0.5) is 0 Å². The molecule has 1 aromatic carbocycles. The predicted octanol–water partition coefficient (Wildman–Crippen LogP) is 2.70. The first-order valence-electron chi connectivity index (χ1n) is 6.29. The molecule has 5 nitrogen and oxygen atoms in total. The highest BCUT2D eigenvalue weighted by molar-refractivity contribution is 6.14. The van der Waals surface area contributed by atoms with Gasteiger partial charge in [0.2, 0.25) is 5.69 Å². The van der Waals surface area contributed by atoms with Crippen molar-refractivity contribution >= 4 is 11.8 Å². The lowest BCUT2D eigenvalue weighted by Crippen LogP contribution is -2.12. The van der Waals surface area contributed by atoms with E-state index in [4.69, 9.17) is 9.26 Å². The van der Waals surface area contributed by atoms with E-state index in [1.807, 2.05) is 19.1 Å². The summed E-state index contributed by atoms with van der Waals surface area (Å²) in [5.74, 6) is -0.648. The average Bonchev–Trinajstić information content (AvgIpc) is 2.81. The first-order valence-corrected chi connectivity index (χ1v) is 6.29. The van der Waals surface area contributed by atoms with Gasteiger partial charge in [-0.25, -0.2) is 4.79 Å². The van der Waals surface area contributed by atoms with E-state index in [2.05, 4.69) is 5.16 Å². The molecule has 0 aliphatic heterocycles. The third kappa shape index (κ3) is 2.61. The summed E-state index contributed by atoms with van der Waals surface area (Å²) in [6.45, 7) is 5.43. The Hall–Kier alpha value is -2.43. The highest BCUT2D eigenvalue weighted by Gasteiger charge is 2.27. The van der Waals surface area contributed by atoms with E-state index in [9.17, 15) is 9.59 Å². The molecule has 0 spiro atoms. The van der Waals surface area contributed by atoms with Gasteiger partial charge in [0.1, 0.15) is 5.76 Å². The van der Waals surface area contributed by atoms with Crippen molar-refractivity contribution in [3.63, 3.8) is 0 Å². The van der Waals surface area contributed by atoms with Crippen LogP contribution >= 0.6 is 0 Å². The molecule has 0 aliphatic rings. The number of nitrogens with zero attached hydrogens (tertiary/aromatic N) is 1. The number of esters is 1. The van der Waals surface area contributed by atoms with Gasteiger partial charge in [-0.1, -0.05) is 35.0 Å². The molecule has 0 bridgehead atoms. The van der Waals surface area contributed by atoms with Crippen molar-refractivity contribution in [3.8, 4) is 0 Å². The summed E-state index contributed by atoms with van der Waals surface area (Å²) in [7, 11) is 0. The second-order valence-electron chi connectivity index (χ2n) is 4.38. The maximum atomic E-state index is 12.5. The van der Waals surface area contributed by atoms with Gasteiger partial charge in [-0.3, -0.25) is 4.79 Å². The SMILES string of the molecule is CCOC(=O)c1noc(C)c1C(=O)c1ccc(C)cc1. The molecule has 0 radical (unpaired) electrons. The predicted molar refractivity (Wildman–Crippen MR) is 71.8 cm³/mol. The molecule has 2 rings (SSSR count). The minimum Gasteiger partial charge on any atom is -0.461 e. The Balaban J connectivity index is 2.41. The van der Waals surface area contributed by atoms with Crippen molar-refractivity contribution in [2.75, 3.05) is 6.61 Å². The largest absolute Gasteiger partial charge is 0.461 e. The van der Waals surface area contributed by atoms with Gasteiger partial charge in [0.25, 0.3) is 0 Å². The molecule has 0 N–H and O–H groups in total. The van der Waals surface area contributed by atoms with E-state index in [1.54, 1.807) is 26.0 Å². The maximum Gasteiger partial charge on any atom is 0.361 e. The van der Waals surface area contributed by atoms with Crippen molar-refractivity contribution < 1.29 is 18.8 Å². The minimum atomic E-state index is -0.653. The van der Waals surface area contributed by atoms with Crippen LogP contribution < -0.4 is 0 Å². The van der Waals surface area contributed by atoms with E-state index < -0.39 is 5.97 Å². The van der Waals surface area contributed by atoms with Gasteiger partial charge in [0.15, 0.2) is 5.78 Å². The van der Waals surface area contributed by atoms with Crippen LogP contribution in [0.5, 0.6) is 0 Å². The van der Waals surface area contributed by atoms with Crippen LogP contribution in [0.15, 0.2) is 28.8 Å². The fourth-order valence-corrected chi connectivity index (χ4v) is 1.83. The van der Waals surface area contributed by atoms with Crippen LogP contribution in [0.25, 0.3) is 0 Å². The molecule has 0 fully saturated rings. The van der Waals surface area contributed by atoms with Crippen molar-refractivity contribution in [3.05, 3.63) is 52.4 Å². The van der Waals surface area contributed by atoms with Gasteiger partial charge in [-0.15, -0.1) is 0 Å². The minimum absolute atomic E-state index is 0.0741. The van der Waals surface area contributed by atoms with Crippen LogP contribution in [-0.4, -0.2) is 23.5 Å². The van der Waals surface area contributed by atoms with Gasteiger partial charge in [-0.2, -0.15) is 0 Å². The monoisotopic (exact) mass is 273 g/mol. The molecule has 0 amide bonds. The molecular weight excluding hydrogens is 258 g/mol. The summed E-state index contributed by atoms with van der Waals surface area (Å²) in [5.41, 5.74) is 1.61. The van der Waals surface area contributed by atoms with Gasteiger partial charge in [0, 0.05) is 5.56 Å². The Morgan fingerprint density at radius 3 is 2.45 bits per heavy atom. The first kappa shape index (κ1) is 14.0. The fraction of sp³-hybridized carbons (Fsp3) is 0.267. The number of rotatable bonds is 4. The molecule has 5 heteroatoms. The second-order valence-corrected chi connectivity index (χ2v) is 4.38. The third-order valence-corrected chi connectivity index (χ3v) is 2.87. The maximum absolute atomic E-state index is 12.5. The molecule has 0 aliphatic carbocycles. The first-order chi connectivity index (χ1) is 9.54. The number of aromatic nitrogens is 1. The number of ether oxygens (including phenoxy) is 1. The number of benzene rings is 1. The summed E-state index contributed by atoms with van der Waals surface area (Å²) in [6, 6.07) is 7.08. The zero-order valence-corrected chi connectivity index (χ0v) is 11.6. The zero-order valence-electron chi connectivity index (χ0n) is 11.6. The summed E-state index contributed by atoms with van der Waals surface area (Å²) < 4.78 is 9.83. The summed E-state index contributed by atoms with van der Waals surface area (Å²) >= 11 is 0. The van der Waals surface area contributed by atoms with Crippen LogP contribution in [-0.2, 0) is 4.74 Å². The van der Waals surface area contributed by atoms with E-state index in [0.29, 0.717) is 11.3 Å². The van der Waals surface area contributed by atoms with Crippen molar-refractivity contribution in [1.82, 2.24) is 5.16 Å². The van der Waals surface area contributed by atoms with Crippen molar-refractivity contribution in [1.29, 1.82) is 0 Å². The summed E-state index contributed by atoms with van der Waals surface area (Å²) in [5, 5.41) is 3.63. The molecule has 1 aromatic heterocycles. The van der Waals surface area contributed by atoms with E-state index >= 15 is 0 Å². The topological polar surface area (TPSA) is 69.4 Å². The van der Waals surface area contributed by atoms with Crippen molar-refractivity contribution in [2.45, 2.75) is 20.8 Å². The Morgan fingerprint density at radius 2 is 1.85 bits per heavy atom. The fourth-order valence-electron chi connectivity index (χ4n) is 1.83. The molecule has 104 valence electrons. The zero-order chi connectivity index (χ0) is 14.7.